The van der Waals surface area contributed by atoms with Crippen LogP contribution >= 0.6 is 0 Å². The standard InChI is InChI=1S/C20H22F2N4O3/c1-12-10-13-14(21)4-3-5-15(13)26(12)17(27)11-16-23-19(18(22)20(28)24(16)2)25-6-8-29-9-7-25/h3-5,12H,6-11H2,1-2H3/t12-/m1/s1. The molecule has 1 amide bonds. The molecule has 2 aliphatic rings. The zero-order chi connectivity index (χ0) is 20.7. The molecule has 4 rings (SSSR count). The van der Waals surface area contributed by atoms with Crippen molar-refractivity contribution in [1.82, 2.24) is 9.55 Å². The van der Waals surface area contributed by atoms with E-state index in [0.717, 1.165) is 4.57 Å². The molecule has 1 aromatic carbocycles. The Labute approximate surface area is 166 Å². The Morgan fingerprint density at radius 1 is 1.28 bits per heavy atom. The molecular weight excluding hydrogens is 382 g/mol. The van der Waals surface area contributed by atoms with Crippen LogP contribution in [0.4, 0.5) is 20.3 Å². The Morgan fingerprint density at radius 3 is 2.72 bits per heavy atom. The third-order valence-electron chi connectivity index (χ3n) is 5.49. The van der Waals surface area contributed by atoms with Gasteiger partial charge in [0.25, 0.3) is 5.56 Å². The third-order valence-corrected chi connectivity index (χ3v) is 5.49. The van der Waals surface area contributed by atoms with Gasteiger partial charge < -0.3 is 14.5 Å². The van der Waals surface area contributed by atoms with Crippen molar-refractivity contribution >= 4 is 17.4 Å². The molecule has 7 nitrogen and oxygen atoms in total. The van der Waals surface area contributed by atoms with Crippen molar-refractivity contribution in [2.75, 3.05) is 36.1 Å². The number of carbonyl (C=O) groups excluding carboxylic acids is 1. The van der Waals surface area contributed by atoms with E-state index in [2.05, 4.69) is 4.98 Å². The van der Waals surface area contributed by atoms with Crippen LogP contribution in [-0.2, 0) is 29.4 Å². The Hall–Kier alpha value is -2.81. The molecule has 2 aromatic rings. The molecule has 29 heavy (non-hydrogen) atoms. The van der Waals surface area contributed by atoms with Crippen LogP contribution in [0.1, 0.15) is 18.3 Å². The predicted molar refractivity (Wildman–Crippen MR) is 103 cm³/mol. The van der Waals surface area contributed by atoms with E-state index in [1.165, 1.54) is 18.0 Å². The maximum absolute atomic E-state index is 14.6. The van der Waals surface area contributed by atoms with Crippen LogP contribution in [-0.4, -0.2) is 47.8 Å². The lowest BCUT2D eigenvalue weighted by molar-refractivity contribution is -0.118. The summed E-state index contributed by atoms with van der Waals surface area (Å²) in [6, 6.07) is 4.43. The number of carbonyl (C=O) groups is 1. The van der Waals surface area contributed by atoms with Crippen LogP contribution in [0.25, 0.3) is 0 Å². The van der Waals surface area contributed by atoms with E-state index in [0.29, 0.717) is 44.0 Å². The molecule has 0 bridgehead atoms. The number of amides is 1. The second kappa shape index (κ2) is 7.55. The molecule has 1 aromatic heterocycles. The lowest BCUT2D eigenvalue weighted by Gasteiger charge is -2.28. The highest BCUT2D eigenvalue weighted by Crippen LogP contribution is 2.34. The van der Waals surface area contributed by atoms with E-state index in [-0.39, 0.29) is 35.8 Å². The fourth-order valence-corrected chi connectivity index (χ4v) is 3.95. The fraction of sp³-hybridized carbons (Fsp3) is 0.450. The van der Waals surface area contributed by atoms with Crippen molar-refractivity contribution in [2.24, 2.45) is 7.05 Å². The molecule has 2 aliphatic heterocycles. The van der Waals surface area contributed by atoms with Gasteiger partial charge in [-0.2, -0.15) is 4.39 Å². The van der Waals surface area contributed by atoms with Crippen LogP contribution < -0.4 is 15.4 Å². The second-order valence-corrected chi connectivity index (χ2v) is 7.36. The van der Waals surface area contributed by atoms with E-state index in [1.54, 1.807) is 17.0 Å². The van der Waals surface area contributed by atoms with Crippen molar-refractivity contribution in [3.05, 3.63) is 51.6 Å². The van der Waals surface area contributed by atoms with E-state index in [4.69, 9.17) is 4.74 Å². The molecule has 0 aliphatic carbocycles. The SMILES string of the molecule is C[C@@H]1Cc2c(F)cccc2N1C(=O)Cc1nc(N2CCOCC2)c(F)c(=O)n1C. The first-order valence-corrected chi connectivity index (χ1v) is 9.56. The van der Waals surface area contributed by atoms with Crippen LogP contribution in [0, 0.1) is 11.6 Å². The number of fused-ring (bicyclic) bond motifs is 1. The average molecular weight is 404 g/mol. The maximum atomic E-state index is 14.6. The van der Waals surface area contributed by atoms with Gasteiger partial charge in [-0.25, -0.2) is 9.37 Å². The van der Waals surface area contributed by atoms with Crippen LogP contribution in [0.2, 0.25) is 0 Å². The molecule has 9 heteroatoms. The molecule has 1 atom stereocenters. The Morgan fingerprint density at radius 2 is 2.00 bits per heavy atom. The first-order valence-electron chi connectivity index (χ1n) is 9.56. The summed E-state index contributed by atoms with van der Waals surface area (Å²) in [5.74, 6) is -1.48. The number of rotatable bonds is 3. The van der Waals surface area contributed by atoms with Crippen LogP contribution in [0.15, 0.2) is 23.0 Å². The van der Waals surface area contributed by atoms with Crippen molar-refractivity contribution in [3.63, 3.8) is 0 Å². The summed E-state index contributed by atoms with van der Waals surface area (Å²) in [6.45, 7) is 3.50. The lowest BCUT2D eigenvalue weighted by Crippen LogP contribution is -2.41. The largest absolute Gasteiger partial charge is 0.378 e. The van der Waals surface area contributed by atoms with Gasteiger partial charge in [0.15, 0.2) is 5.82 Å². The number of ether oxygens (including phenoxy) is 1. The van der Waals surface area contributed by atoms with Gasteiger partial charge >= 0.3 is 0 Å². The van der Waals surface area contributed by atoms with Gasteiger partial charge in [0, 0.05) is 31.7 Å². The molecule has 0 saturated carbocycles. The van der Waals surface area contributed by atoms with Gasteiger partial charge in [0.05, 0.1) is 25.3 Å². The van der Waals surface area contributed by atoms with Gasteiger partial charge in [-0.15, -0.1) is 0 Å². The van der Waals surface area contributed by atoms with Crippen molar-refractivity contribution in [1.29, 1.82) is 0 Å². The third kappa shape index (κ3) is 3.39. The van der Waals surface area contributed by atoms with Crippen molar-refractivity contribution < 1.29 is 18.3 Å². The van der Waals surface area contributed by atoms with E-state index < -0.39 is 11.4 Å². The summed E-state index contributed by atoms with van der Waals surface area (Å²) < 4.78 is 35.0. The molecule has 154 valence electrons. The summed E-state index contributed by atoms with van der Waals surface area (Å²) >= 11 is 0. The summed E-state index contributed by atoms with van der Waals surface area (Å²) in [7, 11) is 1.39. The summed E-state index contributed by atoms with van der Waals surface area (Å²) in [4.78, 5) is 32.9. The van der Waals surface area contributed by atoms with Gasteiger partial charge in [-0.05, 0) is 25.5 Å². The van der Waals surface area contributed by atoms with Gasteiger partial charge in [-0.3, -0.25) is 14.2 Å². The lowest BCUT2D eigenvalue weighted by atomic mass is 10.1. The minimum atomic E-state index is -0.937. The zero-order valence-corrected chi connectivity index (χ0v) is 16.3. The number of morpholine rings is 1. The molecule has 0 spiro atoms. The van der Waals surface area contributed by atoms with Crippen LogP contribution in [0.5, 0.6) is 0 Å². The summed E-state index contributed by atoms with van der Waals surface area (Å²) in [6.07, 6.45) is 0.228. The number of aromatic nitrogens is 2. The highest BCUT2D eigenvalue weighted by Gasteiger charge is 2.33. The summed E-state index contributed by atoms with van der Waals surface area (Å²) in [5, 5.41) is 0. The Kier molecular flexibility index (Phi) is 5.08. The topological polar surface area (TPSA) is 67.7 Å². The second-order valence-electron chi connectivity index (χ2n) is 7.36. The number of hydrogen-bond acceptors (Lipinski definition) is 5. The number of halogens is 2. The maximum Gasteiger partial charge on any atom is 0.291 e. The van der Waals surface area contributed by atoms with Crippen molar-refractivity contribution in [2.45, 2.75) is 25.8 Å². The normalized spacial score (nSPS) is 18.8. The van der Waals surface area contributed by atoms with Crippen molar-refractivity contribution in [3.8, 4) is 0 Å². The minimum absolute atomic E-state index is 0.0554. The number of benzene rings is 1. The molecule has 3 heterocycles. The fourth-order valence-electron chi connectivity index (χ4n) is 3.95. The number of anilines is 2. The Bertz CT molecular complexity index is 1020. The quantitative estimate of drug-likeness (QED) is 0.774. The molecule has 0 radical (unpaired) electrons. The molecule has 1 saturated heterocycles. The van der Waals surface area contributed by atoms with Crippen LogP contribution in [0.3, 0.4) is 0 Å². The smallest absolute Gasteiger partial charge is 0.291 e. The summed E-state index contributed by atoms with van der Waals surface area (Å²) in [5.41, 5.74) is 0.205. The highest BCUT2D eigenvalue weighted by atomic mass is 19.1. The Balaban J connectivity index is 1.66. The molecular formula is C20H22F2N4O3. The molecule has 0 N–H and O–H groups in total. The van der Waals surface area contributed by atoms with Gasteiger partial charge in [0.1, 0.15) is 11.6 Å². The number of hydrogen-bond donors (Lipinski definition) is 0. The van der Waals surface area contributed by atoms with E-state index in [1.807, 2.05) is 6.92 Å². The average Bonchev–Trinajstić information content (AvgIpc) is 3.06. The molecule has 1 fully saturated rings. The predicted octanol–water partition coefficient (Wildman–Crippen LogP) is 1.42. The van der Waals surface area contributed by atoms with E-state index >= 15 is 0 Å². The highest BCUT2D eigenvalue weighted by molar-refractivity contribution is 5.97. The monoisotopic (exact) mass is 404 g/mol. The minimum Gasteiger partial charge on any atom is -0.378 e. The molecule has 0 unspecified atom stereocenters. The number of nitrogens with zero attached hydrogens (tertiary/aromatic N) is 4. The van der Waals surface area contributed by atoms with E-state index in [9.17, 15) is 18.4 Å². The van der Waals surface area contributed by atoms with Gasteiger partial charge in [-0.1, -0.05) is 6.07 Å². The first-order chi connectivity index (χ1) is 13.9. The van der Waals surface area contributed by atoms with Gasteiger partial charge in [0.2, 0.25) is 11.7 Å². The zero-order valence-electron chi connectivity index (χ0n) is 16.3. The first kappa shape index (κ1) is 19.5.